The van der Waals surface area contributed by atoms with E-state index in [2.05, 4.69) is 48.0 Å². The minimum atomic E-state index is 0.214. The number of phenols is 1. The fourth-order valence-corrected chi connectivity index (χ4v) is 2.81. The number of pyridine rings is 1. The molecule has 0 saturated heterocycles. The molecule has 0 spiro atoms. The van der Waals surface area contributed by atoms with E-state index >= 15 is 0 Å². The van der Waals surface area contributed by atoms with Crippen molar-refractivity contribution in [2.45, 2.75) is 13.8 Å². The standard InChI is InChI=1S/C21H22N2O/c1-3-23(4-2)19-14-9-16(10-15-19)8-12-18-13-11-17-6-5-7-20(24)21(17)22-18/h5-15,24H,3-4H2,1-2H3/b12-8-. The van der Waals surface area contributed by atoms with Crippen LogP contribution in [0.5, 0.6) is 5.75 Å². The second-order valence-corrected chi connectivity index (χ2v) is 5.68. The molecule has 3 heteroatoms. The number of anilines is 1. The zero-order chi connectivity index (χ0) is 16.9. The van der Waals surface area contributed by atoms with E-state index in [9.17, 15) is 5.11 Å². The van der Waals surface area contributed by atoms with Gasteiger partial charge in [-0.25, -0.2) is 4.98 Å². The van der Waals surface area contributed by atoms with E-state index in [0.717, 1.165) is 29.7 Å². The maximum atomic E-state index is 9.92. The van der Waals surface area contributed by atoms with Crippen molar-refractivity contribution in [3.63, 3.8) is 0 Å². The maximum absolute atomic E-state index is 9.92. The molecule has 3 aromatic rings. The summed E-state index contributed by atoms with van der Waals surface area (Å²) in [5.74, 6) is 0.214. The van der Waals surface area contributed by atoms with Crippen LogP contribution in [0.3, 0.4) is 0 Å². The van der Waals surface area contributed by atoms with Crippen molar-refractivity contribution in [2.24, 2.45) is 0 Å². The Labute approximate surface area is 142 Å². The predicted octanol–water partition coefficient (Wildman–Crippen LogP) is 4.96. The molecule has 1 aromatic heterocycles. The van der Waals surface area contributed by atoms with Gasteiger partial charge in [-0.15, -0.1) is 0 Å². The van der Waals surface area contributed by atoms with Crippen molar-refractivity contribution in [1.29, 1.82) is 0 Å². The molecule has 1 N–H and O–H groups in total. The van der Waals surface area contributed by atoms with Crippen LogP contribution in [-0.2, 0) is 0 Å². The summed E-state index contributed by atoms with van der Waals surface area (Å²) in [4.78, 5) is 6.84. The van der Waals surface area contributed by atoms with Gasteiger partial charge in [0, 0.05) is 24.2 Å². The Hall–Kier alpha value is -2.81. The normalized spacial score (nSPS) is 11.2. The SMILES string of the molecule is CCN(CC)c1ccc(/C=C\c2ccc3cccc(O)c3n2)cc1. The first kappa shape index (κ1) is 16.1. The lowest BCUT2D eigenvalue weighted by molar-refractivity contribution is 0.480. The van der Waals surface area contributed by atoms with E-state index in [-0.39, 0.29) is 5.75 Å². The highest BCUT2D eigenvalue weighted by Gasteiger charge is 2.02. The van der Waals surface area contributed by atoms with E-state index in [1.807, 2.05) is 36.4 Å². The molecule has 0 bridgehead atoms. The molecule has 0 radical (unpaired) electrons. The van der Waals surface area contributed by atoms with Gasteiger partial charge in [-0.2, -0.15) is 0 Å². The highest BCUT2D eigenvalue weighted by molar-refractivity contribution is 5.85. The van der Waals surface area contributed by atoms with Crippen molar-refractivity contribution >= 4 is 28.7 Å². The predicted molar refractivity (Wildman–Crippen MR) is 102 cm³/mol. The van der Waals surface area contributed by atoms with E-state index in [1.165, 1.54) is 5.69 Å². The van der Waals surface area contributed by atoms with Crippen LogP contribution in [-0.4, -0.2) is 23.2 Å². The van der Waals surface area contributed by atoms with Gasteiger partial charge in [0.15, 0.2) is 0 Å². The third-order valence-corrected chi connectivity index (χ3v) is 4.19. The molecule has 0 unspecified atom stereocenters. The molecule has 0 atom stereocenters. The number of para-hydroxylation sites is 1. The van der Waals surface area contributed by atoms with Crippen molar-refractivity contribution < 1.29 is 5.11 Å². The number of aromatic nitrogens is 1. The van der Waals surface area contributed by atoms with Gasteiger partial charge in [0.1, 0.15) is 11.3 Å². The lowest BCUT2D eigenvalue weighted by Crippen LogP contribution is -2.21. The largest absolute Gasteiger partial charge is 0.506 e. The second kappa shape index (κ2) is 7.18. The van der Waals surface area contributed by atoms with Gasteiger partial charge >= 0.3 is 0 Å². The summed E-state index contributed by atoms with van der Waals surface area (Å²) in [6, 6.07) is 17.9. The lowest BCUT2D eigenvalue weighted by Gasteiger charge is -2.20. The first-order valence-corrected chi connectivity index (χ1v) is 8.33. The average Bonchev–Trinajstić information content (AvgIpc) is 2.62. The van der Waals surface area contributed by atoms with Gasteiger partial charge < -0.3 is 10.0 Å². The Kier molecular flexibility index (Phi) is 4.80. The highest BCUT2D eigenvalue weighted by Crippen LogP contribution is 2.23. The summed E-state index contributed by atoms with van der Waals surface area (Å²) in [6.07, 6.45) is 4.01. The van der Waals surface area contributed by atoms with Crippen molar-refractivity contribution in [1.82, 2.24) is 4.98 Å². The number of hydrogen-bond acceptors (Lipinski definition) is 3. The third kappa shape index (κ3) is 3.40. The first-order chi connectivity index (χ1) is 11.7. The molecule has 0 aliphatic heterocycles. The molecule has 3 nitrogen and oxygen atoms in total. The van der Waals surface area contributed by atoms with Gasteiger partial charge in [0.05, 0.1) is 5.69 Å². The molecular formula is C21H22N2O. The molecular weight excluding hydrogens is 296 g/mol. The van der Waals surface area contributed by atoms with E-state index in [1.54, 1.807) is 6.07 Å². The van der Waals surface area contributed by atoms with Crippen LogP contribution in [0.1, 0.15) is 25.1 Å². The zero-order valence-corrected chi connectivity index (χ0v) is 14.1. The number of fused-ring (bicyclic) bond motifs is 1. The Bertz CT molecular complexity index is 849. The first-order valence-electron chi connectivity index (χ1n) is 8.33. The molecule has 0 aliphatic carbocycles. The van der Waals surface area contributed by atoms with Crippen LogP contribution in [0.15, 0.2) is 54.6 Å². The molecule has 2 aromatic carbocycles. The van der Waals surface area contributed by atoms with Crippen LogP contribution < -0.4 is 4.90 Å². The van der Waals surface area contributed by atoms with Gasteiger partial charge in [0.25, 0.3) is 0 Å². The smallest absolute Gasteiger partial charge is 0.141 e. The van der Waals surface area contributed by atoms with Crippen LogP contribution in [0.2, 0.25) is 0 Å². The minimum absolute atomic E-state index is 0.214. The van der Waals surface area contributed by atoms with Crippen LogP contribution in [0.25, 0.3) is 23.1 Å². The Morgan fingerprint density at radius 3 is 2.38 bits per heavy atom. The molecule has 0 amide bonds. The molecule has 3 rings (SSSR count). The molecule has 122 valence electrons. The summed E-state index contributed by atoms with van der Waals surface area (Å²) in [7, 11) is 0. The molecule has 1 heterocycles. The minimum Gasteiger partial charge on any atom is -0.506 e. The van der Waals surface area contributed by atoms with Crippen molar-refractivity contribution in [2.75, 3.05) is 18.0 Å². The molecule has 0 saturated carbocycles. The van der Waals surface area contributed by atoms with Gasteiger partial charge in [-0.1, -0.05) is 36.4 Å². The zero-order valence-electron chi connectivity index (χ0n) is 14.1. The summed E-state index contributed by atoms with van der Waals surface area (Å²) in [5, 5.41) is 10.9. The third-order valence-electron chi connectivity index (χ3n) is 4.19. The summed E-state index contributed by atoms with van der Waals surface area (Å²) >= 11 is 0. The number of hydrogen-bond donors (Lipinski definition) is 1. The Morgan fingerprint density at radius 2 is 1.67 bits per heavy atom. The summed E-state index contributed by atoms with van der Waals surface area (Å²) in [6.45, 7) is 6.35. The fraction of sp³-hybridized carbons (Fsp3) is 0.190. The fourth-order valence-electron chi connectivity index (χ4n) is 2.81. The number of aromatic hydroxyl groups is 1. The monoisotopic (exact) mass is 318 g/mol. The van der Waals surface area contributed by atoms with Gasteiger partial charge in [-0.3, -0.25) is 0 Å². The van der Waals surface area contributed by atoms with Crippen molar-refractivity contribution in [3.8, 4) is 5.75 Å². The number of rotatable bonds is 5. The van der Waals surface area contributed by atoms with Gasteiger partial charge in [-0.05, 0) is 49.8 Å². The van der Waals surface area contributed by atoms with E-state index < -0.39 is 0 Å². The Balaban J connectivity index is 1.82. The van der Waals surface area contributed by atoms with Crippen LogP contribution in [0, 0.1) is 0 Å². The second-order valence-electron chi connectivity index (χ2n) is 5.68. The number of phenolic OH excluding ortho intramolecular Hbond substituents is 1. The summed E-state index contributed by atoms with van der Waals surface area (Å²) < 4.78 is 0. The molecule has 0 fully saturated rings. The van der Waals surface area contributed by atoms with E-state index in [4.69, 9.17) is 0 Å². The van der Waals surface area contributed by atoms with Crippen LogP contribution in [0.4, 0.5) is 5.69 Å². The van der Waals surface area contributed by atoms with Crippen LogP contribution >= 0.6 is 0 Å². The quantitative estimate of drug-likeness (QED) is 0.722. The van der Waals surface area contributed by atoms with Gasteiger partial charge in [0.2, 0.25) is 0 Å². The lowest BCUT2D eigenvalue weighted by atomic mass is 10.1. The Morgan fingerprint density at radius 1 is 0.917 bits per heavy atom. The number of benzene rings is 2. The van der Waals surface area contributed by atoms with Crippen molar-refractivity contribution in [3.05, 3.63) is 65.9 Å². The van der Waals surface area contributed by atoms with E-state index in [0.29, 0.717) is 5.52 Å². The number of nitrogens with zero attached hydrogens (tertiary/aromatic N) is 2. The highest BCUT2D eigenvalue weighted by atomic mass is 16.3. The average molecular weight is 318 g/mol. The molecule has 24 heavy (non-hydrogen) atoms. The molecule has 0 aliphatic rings. The summed E-state index contributed by atoms with van der Waals surface area (Å²) in [5.41, 5.74) is 3.84. The topological polar surface area (TPSA) is 36.4 Å². The maximum Gasteiger partial charge on any atom is 0.141 e.